The van der Waals surface area contributed by atoms with Crippen LogP contribution in [0.3, 0.4) is 0 Å². The van der Waals surface area contributed by atoms with Crippen LogP contribution in [0.4, 0.5) is 0 Å². The standard InChI is InChI=1S/C10H20N6O4/c1-7(17)11-15(12-8(2)18)5-6-16(13-9(3)19)14-10(4)20/h5-6H2,1-4H3,(H,11,17)(H,12,18)(H,13,19)(H,14,20). The number of carbonyl (C=O) groups is 4. The summed E-state index contributed by atoms with van der Waals surface area (Å²) in [6.07, 6.45) is 0. The van der Waals surface area contributed by atoms with Gasteiger partial charge in [0.2, 0.25) is 23.6 Å². The van der Waals surface area contributed by atoms with Crippen molar-refractivity contribution in [1.82, 2.24) is 31.9 Å². The highest BCUT2D eigenvalue weighted by molar-refractivity contribution is 5.75. The molecule has 0 saturated carbocycles. The molecular formula is C10H20N6O4. The maximum Gasteiger partial charge on any atom is 0.232 e. The van der Waals surface area contributed by atoms with Crippen LogP contribution in [0.15, 0.2) is 0 Å². The molecule has 114 valence electrons. The van der Waals surface area contributed by atoms with Crippen LogP contribution >= 0.6 is 0 Å². The third-order valence-electron chi connectivity index (χ3n) is 1.72. The molecule has 20 heavy (non-hydrogen) atoms. The summed E-state index contributed by atoms with van der Waals surface area (Å²) in [7, 11) is 0. The normalized spacial score (nSPS) is 10.1. The van der Waals surface area contributed by atoms with Gasteiger partial charge in [0.15, 0.2) is 0 Å². The second-order valence-electron chi connectivity index (χ2n) is 3.98. The van der Waals surface area contributed by atoms with Crippen LogP contribution < -0.4 is 21.7 Å². The van der Waals surface area contributed by atoms with Gasteiger partial charge in [0.1, 0.15) is 0 Å². The lowest BCUT2D eigenvalue weighted by Crippen LogP contribution is -2.58. The first-order valence-electron chi connectivity index (χ1n) is 5.84. The van der Waals surface area contributed by atoms with Crippen molar-refractivity contribution in [3.63, 3.8) is 0 Å². The Balaban J connectivity index is 4.49. The van der Waals surface area contributed by atoms with Crippen molar-refractivity contribution in [2.75, 3.05) is 13.1 Å². The van der Waals surface area contributed by atoms with E-state index < -0.39 is 0 Å². The average molecular weight is 288 g/mol. The summed E-state index contributed by atoms with van der Waals surface area (Å²) in [5.41, 5.74) is 9.53. The van der Waals surface area contributed by atoms with E-state index in [1.807, 2.05) is 0 Å². The molecule has 0 aliphatic rings. The molecule has 0 aliphatic heterocycles. The Labute approximate surface area is 116 Å². The SMILES string of the molecule is CC(=O)NN(CCN(NC(C)=O)NC(C)=O)NC(C)=O. The minimum atomic E-state index is -0.371. The van der Waals surface area contributed by atoms with Crippen molar-refractivity contribution >= 4 is 23.6 Å². The molecule has 4 amide bonds. The Bertz CT molecular complexity index is 318. The van der Waals surface area contributed by atoms with Crippen LogP contribution in [-0.2, 0) is 19.2 Å². The van der Waals surface area contributed by atoms with Gasteiger partial charge in [-0.05, 0) is 0 Å². The Morgan fingerprint density at radius 1 is 0.600 bits per heavy atom. The molecule has 0 heterocycles. The lowest BCUT2D eigenvalue weighted by atomic mass is 10.6. The number of carbonyl (C=O) groups excluding carboxylic acids is 4. The van der Waals surface area contributed by atoms with Crippen molar-refractivity contribution in [2.45, 2.75) is 27.7 Å². The number of hydrogen-bond donors (Lipinski definition) is 4. The van der Waals surface area contributed by atoms with E-state index in [1.54, 1.807) is 0 Å². The number of hydrazine groups is 4. The van der Waals surface area contributed by atoms with Crippen molar-refractivity contribution in [1.29, 1.82) is 0 Å². The molecular weight excluding hydrogens is 268 g/mol. The summed E-state index contributed by atoms with van der Waals surface area (Å²) >= 11 is 0. The van der Waals surface area contributed by atoms with E-state index in [0.717, 1.165) is 10.2 Å². The first-order valence-corrected chi connectivity index (χ1v) is 5.84. The van der Waals surface area contributed by atoms with Gasteiger partial charge in [-0.2, -0.15) is 0 Å². The van der Waals surface area contributed by atoms with Gasteiger partial charge >= 0.3 is 0 Å². The van der Waals surface area contributed by atoms with Gasteiger partial charge in [0.05, 0.1) is 13.1 Å². The van der Waals surface area contributed by atoms with Crippen LogP contribution in [0, 0.1) is 0 Å². The summed E-state index contributed by atoms with van der Waals surface area (Å²) in [5.74, 6) is -1.48. The molecule has 0 saturated heterocycles. The number of nitrogens with one attached hydrogen (secondary N) is 4. The smallest absolute Gasteiger partial charge is 0.232 e. The molecule has 0 aliphatic carbocycles. The van der Waals surface area contributed by atoms with Gasteiger partial charge in [0, 0.05) is 27.7 Å². The van der Waals surface area contributed by atoms with Gasteiger partial charge in [0.25, 0.3) is 0 Å². The molecule has 0 spiro atoms. The molecule has 4 N–H and O–H groups in total. The largest absolute Gasteiger partial charge is 0.274 e. The summed E-state index contributed by atoms with van der Waals surface area (Å²) in [4.78, 5) is 43.9. The van der Waals surface area contributed by atoms with Gasteiger partial charge in [-0.3, -0.25) is 40.9 Å². The van der Waals surface area contributed by atoms with Crippen LogP contribution in [0.5, 0.6) is 0 Å². The molecule has 0 atom stereocenters. The fourth-order valence-corrected chi connectivity index (χ4v) is 1.24. The van der Waals surface area contributed by atoms with Gasteiger partial charge in [-0.25, -0.2) is 0 Å². The molecule has 0 unspecified atom stereocenters. The van der Waals surface area contributed by atoms with Gasteiger partial charge < -0.3 is 0 Å². The predicted molar refractivity (Wildman–Crippen MR) is 68.7 cm³/mol. The highest BCUT2D eigenvalue weighted by atomic mass is 16.2. The molecule has 0 bridgehead atoms. The summed E-state index contributed by atoms with van der Waals surface area (Å²) in [5, 5.41) is 2.31. The maximum atomic E-state index is 11.0. The van der Waals surface area contributed by atoms with Crippen molar-refractivity contribution in [2.24, 2.45) is 0 Å². The fourth-order valence-electron chi connectivity index (χ4n) is 1.24. The lowest BCUT2D eigenvalue weighted by Gasteiger charge is -2.27. The second kappa shape index (κ2) is 8.82. The minimum Gasteiger partial charge on any atom is -0.274 e. The van der Waals surface area contributed by atoms with Crippen LogP contribution in [0.25, 0.3) is 0 Å². The lowest BCUT2D eigenvalue weighted by molar-refractivity contribution is -0.136. The average Bonchev–Trinajstić information content (AvgIpc) is 2.22. The number of hydrogen-bond acceptors (Lipinski definition) is 6. The summed E-state index contributed by atoms with van der Waals surface area (Å²) < 4.78 is 0. The van der Waals surface area contributed by atoms with Crippen molar-refractivity contribution in [3.05, 3.63) is 0 Å². The zero-order chi connectivity index (χ0) is 15.7. The van der Waals surface area contributed by atoms with E-state index in [9.17, 15) is 19.2 Å². The zero-order valence-corrected chi connectivity index (χ0v) is 11.9. The summed E-state index contributed by atoms with van der Waals surface area (Å²) in [6, 6.07) is 0. The molecule has 0 fully saturated rings. The van der Waals surface area contributed by atoms with E-state index in [1.165, 1.54) is 27.7 Å². The molecule has 0 aromatic heterocycles. The van der Waals surface area contributed by atoms with Crippen LogP contribution in [-0.4, -0.2) is 47.0 Å². The Kier molecular flexibility index (Phi) is 7.85. The second-order valence-corrected chi connectivity index (χ2v) is 3.98. The number of nitrogens with zero attached hydrogens (tertiary/aromatic N) is 2. The molecule has 10 nitrogen and oxygen atoms in total. The van der Waals surface area contributed by atoms with Crippen LogP contribution in [0.1, 0.15) is 27.7 Å². The van der Waals surface area contributed by atoms with Crippen molar-refractivity contribution in [3.8, 4) is 0 Å². The van der Waals surface area contributed by atoms with E-state index >= 15 is 0 Å². The molecule has 0 aromatic carbocycles. The summed E-state index contributed by atoms with van der Waals surface area (Å²) in [6.45, 7) is 5.39. The third-order valence-corrected chi connectivity index (χ3v) is 1.72. The third kappa shape index (κ3) is 9.79. The Morgan fingerprint density at radius 3 is 0.950 bits per heavy atom. The fraction of sp³-hybridized carbons (Fsp3) is 0.600. The highest BCUT2D eigenvalue weighted by Crippen LogP contribution is 1.83. The Morgan fingerprint density at radius 2 is 0.800 bits per heavy atom. The topological polar surface area (TPSA) is 123 Å². The van der Waals surface area contributed by atoms with Gasteiger partial charge in [-0.1, -0.05) is 0 Å². The number of rotatable bonds is 7. The zero-order valence-electron chi connectivity index (χ0n) is 11.9. The van der Waals surface area contributed by atoms with Gasteiger partial charge in [-0.15, -0.1) is 10.2 Å². The minimum absolute atomic E-state index is 0.125. The highest BCUT2D eigenvalue weighted by Gasteiger charge is 2.12. The van der Waals surface area contributed by atoms with E-state index in [4.69, 9.17) is 0 Å². The maximum absolute atomic E-state index is 11.0. The van der Waals surface area contributed by atoms with Crippen LogP contribution in [0.2, 0.25) is 0 Å². The molecule has 10 heteroatoms. The number of amides is 4. The quantitative estimate of drug-likeness (QED) is 0.394. The Hall–Kier alpha value is -2.20. The monoisotopic (exact) mass is 288 g/mol. The van der Waals surface area contributed by atoms with E-state index in [2.05, 4.69) is 21.7 Å². The first kappa shape index (κ1) is 17.8. The van der Waals surface area contributed by atoms with E-state index in [0.29, 0.717) is 0 Å². The predicted octanol–water partition coefficient (Wildman–Crippen LogP) is -2.21. The molecule has 0 rings (SSSR count). The van der Waals surface area contributed by atoms with E-state index in [-0.39, 0.29) is 36.7 Å². The first-order chi connectivity index (χ1) is 9.20. The molecule has 0 aromatic rings. The molecule has 0 radical (unpaired) electrons. The van der Waals surface area contributed by atoms with Crippen molar-refractivity contribution < 1.29 is 19.2 Å².